The van der Waals surface area contributed by atoms with Gasteiger partial charge in [0.15, 0.2) is 0 Å². The molecule has 0 N–H and O–H groups in total. The Morgan fingerprint density at radius 1 is 1.08 bits per heavy atom. The zero-order valence-electron chi connectivity index (χ0n) is 14.8. The van der Waals surface area contributed by atoms with Crippen LogP contribution in [0, 0.1) is 23.6 Å². The summed E-state index contributed by atoms with van der Waals surface area (Å²) in [6, 6.07) is 5.44. The summed E-state index contributed by atoms with van der Waals surface area (Å²) in [6.07, 6.45) is 5.64. The van der Waals surface area contributed by atoms with Crippen LogP contribution < -0.4 is 0 Å². The van der Waals surface area contributed by atoms with Gasteiger partial charge in [0.2, 0.25) is 15.9 Å². The first-order valence-corrected chi connectivity index (χ1v) is 10.9. The summed E-state index contributed by atoms with van der Waals surface area (Å²) < 4.78 is 40.4. The number of hydrogen-bond donors (Lipinski definition) is 0. The van der Waals surface area contributed by atoms with Crippen molar-refractivity contribution in [2.24, 2.45) is 17.8 Å². The van der Waals surface area contributed by atoms with Crippen molar-refractivity contribution in [2.45, 2.75) is 37.0 Å². The number of fused-ring (bicyclic) bond motifs is 2. The maximum Gasteiger partial charge on any atom is 0.246 e. The van der Waals surface area contributed by atoms with Gasteiger partial charge in [0.25, 0.3) is 0 Å². The van der Waals surface area contributed by atoms with Gasteiger partial charge in [0, 0.05) is 32.6 Å². The van der Waals surface area contributed by atoms with E-state index in [9.17, 15) is 17.6 Å². The number of halogens is 1. The predicted octanol–water partition coefficient (Wildman–Crippen LogP) is 2.48. The van der Waals surface area contributed by atoms with E-state index >= 15 is 0 Å². The number of carbonyl (C=O) groups is 1. The lowest BCUT2D eigenvalue weighted by Gasteiger charge is -2.35. The van der Waals surface area contributed by atoms with Crippen molar-refractivity contribution in [2.75, 3.05) is 26.2 Å². The predicted molar refractivity (Wildman–Crippen MR) is 95.3 cm³/mol. The normalized spacial score (nSPS) is 29.3. The van der Waals surface area contributed by atoms with Crippen LogP contribution in [-0.2, 0) is 14.8 Å². The monoisotopic (exact) mass is 380 g/mol. The number of hydrogen-bond acceptors (Lipinski definition) is 3. The molecule has 4 rings (SSSR count). The molecule has 1 aromatic carbocycles. The van der Waals surface area contributed by atoms with E-state index in [4.69, 9.17) is 0 Å². The summed E-state index contributed by atoms with van der Waals surface area (Å²) in [6.45, 7) is 1.21. The fourth-order valence-corrected chi connectivity index (χ4v) is 6.44. The Kier molecular flexibility index (Phi) is 4.77. The molecule has 0 unspecified atom stereocenters. The van der Waals surface area contributed by atoms with Gasteiger partial charge in [-0.3, -0.25) is 4.79 Å². The van der Waals surface area contributed by atoms with Gasteiger partial charge < -0.3 is 4.90 Å². The fourth-order valence-electron chi connectivity index (χ4n) is 4.95. The summed E-state index contributed by atoms with van der Waals surface area (Å²) in [5, 5.41) is 0. The molecule has 1 amide bonds. The average molecular weight is 380 g/mol. The third kappa shape index (κ3) is 3.27. The molecule has 2 aliphatic carbocycles. The Morgan fingerprint density at radius 3 is 2.42 bits per heavy atom. The first-order valence-electron chi connectivity index (χ1n) is 9.47. The van der Waals surface area contributed by atoms with E-state index in [0.29, 0.717) is 31.3 Å². The zero-order chi connectivity index (χ0) is 18.3. The van der Waals surface area contributed by atoms with E-state index in [1.165, 1.54) is 48.2 Å². The molecule has 5 nitrogen and oxygen atoms in total. The molecular formula is C19H25FN2O3S. The molecule has 0 spiro atoms. The number of nitrogens with zero attached hydrogens (tertiary/aromatic N) is 2. The van der Waals surface area contributed by atoms with Crippen LogP contribution in [0.2, 0.25) is 0 Å². The summed E-state index contributed by atoms with van der Waals surface area (Å²) in [7, 11) is -3.85. The molecule has 1 aromatic rings. The lowest BCUT2D eigenvalue weighted by Crippen LogP contribution is -2.50. The number of rotatable bonds is 4. The Bertz CT molecular complexity index is 790. The Balaban J connectivity index is 1.35. The Hall–Kier alpha value is -1.47. The van der Waals surface area contributed by atoms with Crippen LogP contribution in [0.4, 0.5) is 4.39 Å². The number of sulfonamides is 1. The van der Waals surface area contributed by atoms with E-state index in [-0.39, 0.29) is 23.9 Å². The molecule has 3 atom stereocenters. The average Bonchev–Trinajstić information content (AvgIpc) is 3.25. The molecule has 26 heavy (non-hydrogen) atoms. The smallest absolute Gasteiger partial charge is 0.246 e. The highest BCUT2D eigenvalue weighted by Gasteiger charge is 2.41. The molecule has 3 fully saturated rings. The number of amides is 1. The number of carbonyl (C=O) groups excluding carboxylic acids is 1. The minimum absolute atomic E-state index is 0.144. The second-order valence-corrected chi connectivity index (χ2v) is 9.76. The van der Waals surface area contributed by atoms with Gasteiger partial charge in [-0.2, -0.15) is 4.31 Å². The Morgan fingerprint density at radius 2 is 1.81 bits per heavy atom. The molecule has 1 aliphatic heterocycles. The minimum atomic E-state index is -3.85. The molecule has 0 aromatic heterocycles. The van der Waals surface area contributed by atoms with Gasteiger partial charge in [0.1, 0.15) is 10.7 Å². The summed E-state index contributed by atoms with van der Waals surface area (Å²) >= 11 is 0. The van der Waals surface area contributed by atoms with E-state index in [1.807, 2.05) is 0 Å². The summed E-state index contributed by atoms with van der Waals surface area (Å²) in [5.74, 6) is 1.46. The van der Waals surface area contributed by atoms with Crippen molar-refractivity contribution in [3.05, 3.63) is 30.1 Å². The van der Waals surface area contributed by atoms with Crippen LogP contribution in [-0.4, -0.2) is 49.7 Å². The van der Waals surface area contributed by atoms with Gasteiger partial charge in [-0.05, 0) is 49.1 Å². The molecule has 0 radical (unpaired) electrons. The van der Waals surface area contributed by atoms with Gasteiger partial charge in [-0.15, -0.1) is 0 Å². The van der Waals surface area contributed by atoms with Crippen LogP contribution in [0.25, 0.3) is 0 Å². The van der Waals surface area contributed by atoms with Crippen molar-refractivity contribution in [3.8, 4) is 0 Å². The quantitative estimate of drug-likeness (QED) is 0.806. The topological polar surface area (TPSA) is 57.7 Å². The van der Waals surface area contributed by atoms with Crippen LogP contribution in [0.3, 0.4) is 0 Å². The maximum absolute atomic E-state index is 13.9. The molecule has 3 aliphatic rings. The second kappa shape index (κ2) is 6.93. The maximum atomic E-state index is 13.9. The van der Waals surface area contributed by atoms with Gasteiger partial charge in [-0.25, -0.2) is 12.8 Å². The van der Waals surface area contributed by atoms with Crippen molar-refractivity contribution < 1.29 is 17.6 Å². The third-order valence-electron chi connectivity index (χ3n) is 6.37. The van der Waals surface area contributed by atoms with E-state index in [2.05, 4.69) is 0 Å². The lowest BCUT2D eigenvalue weighted by atomic mass is 9.86. The molecule has 2 bridgehead atoms. The van der Waals surface area contributed by atoms with Crippen molar-refractivity contribution in [1.29, 1.82) is 0 Å². The van der Waals surface area contributed by atoms with E-state index < -0.39 is 15.8 Å². The summed E-state index contributed by atoms with van der Waals surface area (Å²) in [4.78, 5) is 14.1. The third-order valence-corrected chi connectivity index (χ3v) is 8.30. The summed E-state index contributed by atoms with van der Waals surface area (Å²) in [5.41, 5.74) is 0. The van der Waals surface area contributed by atoms with Crippen molar-refractivity contribution in [3.63, 3.8) is 0 Å². The van der Waals surface area contributed by atoms with Gasteiger partial charge in [0.05, 0.1) is 0 Å². The van der Waals surface area contributed by atoms with Crippen LogP contribution >= 0.6 is 0 Å². The first-order chi connectivity index (χ1) is 12.4. The molecule has 142 valence electrons. The first kappa shape index (κ1) is 17.9. The van der Waals surface area contributed by atoms with Crippen LogP contribution in [0.1, 0.15) is 32.1 Å². The van der Waals surface area contributed by atoms with Crippen molar-refractivity contribution >= 4 is 15.9 Å². The van der Waals surface area contributed by atoms with Crippen molar-refractivity contribution in [1.82, 2.24) is 9.21 Å². The zero-order valence-corrected chi connectivity index (χ0v) is 15.6. The van der Waals surface area contributed by atoms with Gasteiger partial charge >= 0.3 is 0 Å². The number of piperazine rings is 1. The number of benzene rings is 1. The van der Waals surface area contributed by atoms with Gasteiger partial charge in [-0.1, -0.05) is 18.6 Å². The van der Waals surface area contributed by atoms with E-state index in [0.717, 1.165) is 12.0 Å². The lowest BCUT2D eigenvalue weighted by molar-refractivity contribution is -0.133. The molecule has 1 heterocycles. The van der Waals surface area contributed by atoms with Crippen LogP contribution in [0.5, 0.6) is 0 Å². The van der Waals surface area contributed by atoms with E-state index in [1.54, 1.807) is 4.90 Å². The largest absolute Gasteiger partial charge is 0.340 e. The molecule has 2 saturated carbocycles. The highest BCUT2D eigenvalue weighted by atomic mass is 32.2. The minimum Gasteiger partial charge on any atom is -0.340 e. The molecule has 1 saturated heterocycles. The second-order valence-electron chi connectivity index (χ2n) is 7.85. The fraction of sp³-hybridized carbons (Fsp3) is 0.632. The SMILES string of the molecule is O=C(C[C@@H]1C[C@H]2CC[C@@H]1C2)N1CCN(S(=O)(=O)c2ccccc2F)CC1. The highest BCUT2D eigenvalue weighted by Crippen LogP contribution is 2.49. The van der Waals surface area contributed by atoms with Crippen LogP contribution in [0.15, 0.2) is 29.2 Å². The molecular weight excluding hydrogens is 355 g/mol. The molecule has 7 heteroatoms. The standard InChI is InChI=1S/C19H25FN2O3S/c20-17-3-1-2-4-18(17)26(24,25)22-9-7-21(8-10-22)19(23)13-16-12-14-5-6-15(16)11-14/h1-4,14-16H,5-13H2/t14-,15+,16-/m0/s1. The highest BCUT2D eigenvalue weighted by molar-refractivity contribution is 7.89. The Labute approximate surface area is 154 Å².